The van der Waals surface area contributed by atoms with Crippen LogP contribution >= 0.6 is 0 Å². The fraction of sp³-hybridized carbons (Fsp3) is 0.743. The van der Waals surface area contributed by atoms with Gasteiger partial charge in [-0.1, -0.05) is 317 Å². The van der Waals surface area contributed by atoms with Crippen LogP contribution in [0.4, 0.5) is 0 Å². The van der Waals surface area contributed by atoms with Crippen molar-refractivity contribution in [3.63, 3.8) is 0 Å². The molecular formula is C74H128O6. The molecule has 0 fully saturated rings. The summed E-state index contributed by atoms with van der Waals surface area (Å²) in [6.07, 6.45) is 91.4. The van der Waals surface area contributed by atoms with E-state index in [1.807, 2.05) is 0 Å². The Morgan fingerprint density at radius 1 is 0.263 bits per heavy atom. The molecule has 0 saturated heterocycles. The summed E-state index contributed by atoms with van der Waals surface area (Å²) < 4.78 is 17.0. The van der Waals surface area contributed by atoms with Gasteiger partial charge in [-0.25, -0.2) is 0 Å². The van der Waals surface area contributed by atoms with Gasteiger partial charge in [-0.2, -0.15) is 0 Å². The van der Waals surface area contributed by atoms with E-state index in [0.717, 1.165) is 116 Å². The van der Waals surface area contributed by atoms with Crippen LogP contribution in [0.2, 0.25) is 0 Å². The van der Waals surface area contributed by atoms with Crippen LogP contribution in [0.3, 0.4) is 0 Å². The maximum atomic E-state index is 12.9. The van der Waals surface area contributed by atoms with Gasteiger partial charge in [-0.05, 0) is 96.3 Å². The van der Waals surface area contributed by atoms with Crippen LogP contribution in [0.5, 0.6) is 0 Å². The van der Waals surface area contributed by atoms with Gasteiger partial charge in [0.25, 0.3) is 0 Å². The Hall–Kier alpha value is -3.67. The highest BCUT2D eigenvalue weighted by molar-refractivity contribution is 5.71. The molecule has 0 N–H and O–H groups in total. The second-order valence-corrected chi connectivity index (χ2v) is 22.7. The van der Waals surface area contributed by atoms with Crippen LogP contribution in [-0.2, 0) is 28.6 Å². The van der Waals surface area contributed by atoms with E-state index in [-0.39, 0.29) is 31.1 Å². The number of hydrogen-bond donors (Lipinski definition) is 0. The van der Waals surface area contributed by atoms with Crippen LogP contribution < -0.4 is 0 Å². The molecule has 6 heteroatoms. The van der Waals surface area contributed by atoms with Crippen LogP contribution in [0.25, 0.3) is 0 Å². The molecule has 1 unspecified atom stereocenters. The molecule has 0 saturated carbocycles. The summed E-state index contributed by atoms with van der Waals surface area (Å²) in [6, 6.07) is 0. The molecule has 6 nitrogen and oxygen atoms in total. The third kappa shape index (κ3) is 65.1. The second kappa shape index (κ2) is 67.8. The van der Waals surface area contributed by atoms with Gasteiger partial charge in [0.15, 0.2) is 6.10 Å². The van der Waals surface area contributed by atoms with Gasteiger partial charge in [0, 0.05) is 19.3 Å². The monoisotopic (exact) mass is 1110 g/mol. The van der Waals surface area contributed by atoms with Crippen LogP contribution in [0, 0.1) is 0 Å². The Kier molecular flexibility index (Phi) is 64.7. The molecule has 1 atom stereocenters. The average Bonchev–Trinajstić information content (AvgIpc) is 3.46. The van der Waals surface area contributed by atoms with Crippen LogP contribution in [-0.4, -0.2) is 37.2 Å². The zero-order valence-electron chi connectivity index (χ0n) is 52.8. The molecule has 0 spiro atoms. The van der Waals surface area contributed by atoms with E-state index in [1.54, 1.807) is 0 Å². The summed E-state index contributed by atoms with van der Waals surface area (Å²) in [5.74, 6) is -0.871. The molecule has 0 aromatic carbocycles. The largest absolute Gasteiger partial charge is 0.462 e. The molecule has 0 aliphatic carbocycles. The van der Waals surface area contributed by atoms with Crippen molar-refractivity contribution in [3.05, 3.63) is 97.2 Å². The lowest BCUT2D eigenvalue weighted by molar-refractivity contribution is -0.167. The smallest absolute Gasteiger partial charge is 0.306 e. The molecule has 0 rings (SSSR count). The number of hydrogen-bond acceptors (Lipinski definition) is 6. The van der Waals surface area contributed by atoms with E-state index in [2.05, 4.69) is 118 Å². The summed E-state index contributed by atoms with van der Waals surface area (Å²) in [4.78, 5) is 38.4. The summed E-state index contributed by atoms with van der Waals surface area (Å²) in [7, 11) is 0. The minimum absolute atomic E-state index is 0.0769. The molecule has 0 amide bonds. The summed E-state index contributed by atoms with van der Waals surface area (Å²) >= 11 is 0. The third-order valence-electron chi connectivity index (χ3n) is 14.8. The molecule has 0 aromatic rings. The van der Waals surface area contributed by atoms with Gasteiger partial charge in [-0.15, -0.1) is 0 Å². The van der Waals surface area contributed by atoms with Gasteiger partial charge in [0.1, 0.15) is 13.2 Å². The highest BCUT2D eigenvalue weighted by atomic mass is 16.6. The first kappa shape index (κ1) is 76.3. The zero-order valence-corrected chi connectivity index (χ0v) is 52.8. The van der Waals surface area contributed by atoms with Gasteiger partial charge in [0.05, 0.1) is 0 Å². The summed E-state index contributed by atoms with van der Waals surface area (Å²) in [5.41, 5.74) is 0. The Morgan fingerprint density at radius 2 is 0.487 bits per heavy atom. The van der Waals surface area contributed by atoms with E-state index < -0.39 is 6.10 Å². The number of esters is 3. The van der Waals surface area contributed by atoms with Crippen molar-refractivity contribution in [3.8, 4) is 0 Å². The second-order valence-electron chi connectivity index (χ2n) is 22.7. The molecule has 80 heavy (non-hydrogen) atoms. The van der Waals surface area contributed by atoms with Crippen molar-refractivity contribution in [1.29, 1.82) is 0 Å². The highest BCUT2D eigenvalue weighted by Crippen LogP contribution is 2.17. The van der Waals surface area contributed by atoms with Crippen LogP contribution in [0.1, 0.15) is 335 Å². The van der Waals surface area contributed by atoms with E-state index in [4.69, 9.17) is 14.2 Å². The van der Waals surface area contributed by atoms with E-state index in [0.29, 0.717) is 19.3 Å². The number of rotatable bonds is 62. The maximum absolute atomic E-state index is 12.9. The lowest BCUT2D eigenvalue weighted by atomic mass is 10.0. The summed E-state index contributed by atoms with van der Waals surface area (Å²) in [5, 5.41) is 0. The topological polar surface area (TPSA) is 78.9 Å². The zero-order chi connectivity index (χ0) is 57.8. The molecule has 0 aromatic heterocycles. The molecule has 0 heterocycles. The lowest BCUT2D eigenvalue weighted by Gasteiger charge is -2.18. The Morgan fingerprint density at radius 3 is 0.762 bits per heavy atom. The standard InChI is InChI=1S/C74H128O6/c1-4-7-10-13-16-19-22-25-28-30-31-32-33-34-35-36-37-38-39-40-41-42-43-45-46-49-52-55-58-61-64-67-73(76)79-70-71(69-78-72(75)66-63-60-57-54-51-48-27-24-21-18-15-12-9-6-3)80-74(77)68-65-62-59-56-53-50-47-44-29-26-23-20-17-14-11-8-5-2/h7-8,10-11,16-17,19-20,25-26,28-29,31-32,34-35,71H,4-6,9,12-15,18,21-24,27,30,33,36-70H2,1-3H3/b10-7-,11-8-,19-16-,20-17-,28-25-,29-26-,32-31-,35-34-. The quantitative estimate of drug-likeness (QED) is 0.0261. The minimum Gasteiger partial charge on any atom is -0.462 e. The minimum atomic E-state index is -0.782. The van der Waals surface area contributed by atoms with Gasteiger partial charge in [0.2, 0.25) is 0 Å². The van der Waals surface area contributed by atoms with E-state index >= 15 is 0 Å². The van der Waals surface area contributed by atoms with Crippen molar-refractivity contribution >= 4 is 17.9 Å². The molecule has 0 aliphatic rings. The van der Waals surface area contributed by atoms with Crippen molar-refractivity contribution in [1.82, 2.24) is 0 Å². The predicted octanol–water partition coefficient (Wildman–Crippen LogP) is 23.6. The van der Waals surface area contributed by atoms with Gasteiger partial charge in [-0.3, -0.25) is 14.4 Å². The average molecular weight is 1110 g/mol. The number of carbonyl (C=O) groups excluding carboxylic acids is 3. The van der Waals surface area contributed by atoms with Gasteiger partial charge >= 0.3 is 17.9 Å². The first-order valence-electron chi connectivity index (χ1n) is 34.2. The van der Waals surface area contributed by atoms with Crippen molar-refractivity contribution < 1.29 is 28.6 Å². The Balaban J connectivity index is 4.22. The first-order valence-corrected chi connectivity index (χ1v) is 34.2. The molecule has 460 valence electrons. The molecule has 0 aliphatic heterocycles. The normalized spacial score (nSPS) is 12.7. The third-order valence-corrected chi connectivity index (χ3v) is 14.8. The van der Waals surface area contributed by atoms with Crippen molar-refractivity contribution in [2.24, 2.45) is 0 Å². The first-order chi connectivity index (χ1) is 39.5. The van der Waals surface area contributed by atoms with Crippen molar-refractivity contribution in [2.45, 2.75) is 341 Å². The van der Waals surface area contributed by atoms with Crippen LogP contribution in [0.15, 0.2) is 97.2 Å². The number of carbonyl (C=O) groups is 3. The molecular weight excluding hydrogens is 985 g/mol. The maximum Gasteiger partial charge on any atom is 0.306 e. The summed E-state index contributed by atoms with van der Waals surface area (Å²) in [6.45, 7) is 6.45. The number of ether oxygens (including phenoxy) is 3. The van der Waals surface area contributed by atoms with E-state index in [1.165, 1.54) is 180 Å². The Bertz CT molecular complexity index is 1560. The predicted molar refractivity (Wildman–Crippen MR) is 348 cm³/mol. The number of allylic oxidation sites excluding steroid dienone is 16. The Labute approximate surface area is 496 Å². The van der Waals surface area contributed by atoms with Gasteiger partial charge < -0.3 is 14.2 Å². The fourth-order valence-electron chi connectivity index (χ4n) is 9.78. The lowest BCUT2D eigenvalue weighted by Crippen LogP contribution is -2.30. The molecule has 0 bridgehead atoms. The highest BCUT2D eigenvalue weighted by Gasteiger charge is 2.19. The fourth-order valence-corrected chi connectivity index (χ4v) is 9.78. The molecule has 0 radical (unpaired) electrons. The SMILES string of the molecule is CC/C=C\C/C=C\C/C=C\C/C=C\C/C=C\CCCCCCCCCCCCCCCCCC(=O)OCC(COC(=O)CCCCCCCCCCCCCCCC)OC(=O)CCCCCCCCC/C=C\C/C=C\C/C=C\CC. The van der Waals surface area contributed by atoms with E-state index in [9.17, 15) is 14.4 Å². The van der Waals surface area contributed by atoms with Crippen molar-refractivity contribution in [2.75, 3.05) is 13.2 Å². The number of unbranched alkanes of at least 4 members (excludes halogenated alkanes) is 35.